The zero-order chi connectivity index (χ0) is 12.2. The van der Waals surface area contributed by atoms with Crippen molar-refractivity contribution in [3.05, 3.63) is 18.3 Å². The van der Waals surface area contributed by atoms with E-state index in [2.05, 4.69) is 4.98 Å². The van der Waals surface area contributed by atoms with E-state index in [1.807, 2.05) is 0 Å². The third-order valence-electron chi connectivity index (χ3n) is 1.88. The number of halogens is 3. The average Bonchev–Trinajstić information content (AvgIpc) is 2.16. The molecule has 1 rings (SSSR count). The largest absolute Gasteiger partial charge is 0.405 e. The number of anilines is 2. The molecule has 0 aromatic carbocycles. The zero-order valence-electron chi connectivity index (χ0n) is 8.41. The van der Waals surface area contributed by atoms with Gasteiger partial charge < -0.3 is 15.7 Å². The number of hydrogen-bond acceptors (Lipinski definition) is 4. The SMILES string of the molecule is Nc1ccc(N(CCO)CC(F)(F)F)cn1. The predicted molar refractivity (Wildman–Crippen MR) is 54.0 cm³/mol. The molecule has 0 saturated heterocycles. The van der Waals surface area contributed by atoms with Crippen LogP contribution < -0.4 is 10.6 Å². The van der Waals surface area contributed by atoms with Gasteiger partial charge in [-0.25, -0.2) is 4.98 Å². The molecule has 0 saturated carbocycles. The molecular weight excluding hydrogens is 223 g/mol. The number of aliphatic hydroxyl groups is 1. The second-order valence-electron chi connectivity index (χ2n) is 3.20. The van der Waals surface area contributed by atoms with Crippen LogP contribution in [0.4, 0.5) is 24.7 Å². The maximum atomic E-state index is 12.2. The van der Waals surface area contributed by atoms with Crippen LogP contribution in [-0.2, 0) is 0 Å². The Hall–Kier alpha value is -1.50. The van der Waals surface area contributed by atoms with Gasteiger partial charge >= 0.3 is 6.18 Å². The normalized spacial score (nSPS) is 11.5. The third kappa shape index (κ3) is 3.93. The van der Waals surface area contributed by atoms with Crippen molar-refractivity contribution in [1.82, 2.24) is 4.98 Å². The van der Waals surface area contributed by atoms with Crippen molar-refractivity contribution in [3.63, 3.8) is 0 Å². The number of nitrogens with two attached hydrogens (primary N) is 1. The fraction of sp³-hybridized carbons (Fsp3) is 0.444. The van der Waals surface area contributed by atoms with Crippen molar-refractivity contribution >= 4 is 11.5 Å². The molecule has 0 atom stereocenters. The summed E-state index contributed by atoms with van der Waals surface area (Å²) in [5.74, 6) is 0.236. The molecule has 0 aliphatic carbocycles. The fourth-order valence-corrected chi connectivity index (χ4v) is 1.22. The first-order valence-corrected chi connectivity index (χ1v) is 4.56. The Morgan fingerprint density at radius 1 is 1.38 bits per heavy atom. The maximum absolute atomic E-state index is 12.2. The van der Waals surface area contributed by atoms with Crippen LogP contribution in [0.15, 0.2) is 18.3 Å². The molecule has 1 heterocycles. The van der Waals surface area contributed by atoms with E-state index >= 15 is 0 Å². The van der Waals surface area contributed by atoms with E-state index in [0.29, 0.717) is 0 Å². The van der Waals surface area contributed by atoms with Gasteiger partial charge in [-0.15, -0.1) is 0 Å². The molecule has 7 heteroatoms. The van der Waals surface area contributed by atoms with Crippen molar-refractivity contribution < 1.29 is 18.3 Å². The van der Waals surface area contributed by atoms with Gasteiger partial charge in [0.1, 0.15) is 12.4 Å². The molecule has 0 unspecified atom stereocenters. The van der Waals surface area contributed by atoms with E-state index in [1.54, 1.807) is 0 Å². The summed E-state index contributed by atoms with van der Waals surface area (Å²) >= 11 is 0. The summed E-state index contributed by atoms with van der Waals surface area (Å²) in [6.45, 7) is -1.59. The lowest BCUT2D eigenvalue weighted by atomic mass is 10.3. The highest BCUT2D eigenvalue weighted by Crippen LogP contribution is 2.21. The van der Waals surface area contributed by atoms with Gasteiger partial charge in [-0.1, -0.05) is 0 Å². The molecule has 0 radical (unpaired) electrons. The highest BCUT2D eigenvalue weighted by Gasteiger charge is 2.30. The van der Waals surface area contributed by atoms with Crippen molar-refractivity contribution in [2.45, 2.75) is 6.18 Å². The molecule has 0 fully saturated rings. The first kappa shape index (κ1) is 12.6. The van der Waals surface area contributed by atoms with Gasteiger partial charge in [-0.05, 0) is 12.1 Å². The van der Waals surface area contributed by atoms with Crippen LogP contribution >= 0.6 is 0 Å². The molecule has 0 aliphatic heterocycles. The number of nitrogens with zero attached hydrogens (tertiary/aromatic N) is 2. The Morgan fingerprint density at radius 3 is 2.50 bits per heavy atom. The lowest BCUT2D eigenvalue weighted by Gasteiger charge is -2.24. The summed E-state index contributed by atoms with van der Waals surface area (Å²) < 4.78 is 36.7. The number of aliphatic hydroxyl groups excluding tert-OH is 1. The highest BCUT2D eigenvalue weighted by atomic mass is 19.4. The summed E-state index contributed by atoms with van der Waals surface area (Å²) in [5.41, 5.74) is 5.61. The number of aromatic nitrogens is 1. The molecule has 1 aromatic heterocycles. The van der Waals surface area contributed by atoms with E-state index in [0.717, 1.165) is 4.90 Å². The molecule has 4 nitrogen and oxygen atoms in total. The molecule has 16 heavy (non-hydrogen) atoms. The van der Waals surface area contributed by atoms with Crippen molar-refractivity contribution in [2.75, 3.05) is 30.3 Å². The average molecular weight is 235 g/mol. The van der Waals surface area contributed by atoms with Gasteiger partial charge in [0.25, 0.3) is 0 Å². The molecular formula is C9H12F3N3O. The van der Waals surface area contributed by atoms with Crippen LogP contribution in [0.1, 0.15) is 0 Å². The third-order valence-corrected chi connectivity index (χ3v) is 1.88. The molecule has 90 valence electrons. The number of alkyl halides is 3. The van der Waals surface area contributed by atoms with Crippen LogP contribution in [-0.4, -0.2) is 36.0 Å². The number of pyridine rings is 1. The van der Waals surface area contributed by atoms with Crippen LogP contribution in [0.3, 0.4) is 0 Å². The summed E-state index contributed by atoms with van der Waals surface area (Å²) in [4.78, 5) is 4.69. The number of hydrogen-bond donors (Lipinski definition) is 2. The van der Waals surface area contributed by atoms with Crippen LogP contribution in [0.2, 0.25) is 0 Å². The highest BCUT2D eigenvalue weighted by molar-refractivity contribution is 5.48. The standard InChI is InChI=1S/C9H12F3N3O/c10-9(11,12)6-15(3-4-16)7-1-2-8(13)14-5-7/h1-2,5,16H,3-4,6H2,(H2,13,14). The zero-order valence-corrected chi connectivity index (χ0v) is 8.41. The van der Waals surface area contributed by atoms with Crippen LogP contribution in [0.5, 0.6) is 0 Å². The second kappa shape index (κ2) is 5.02. The van der Waals surface area contributed by atoms with E-state index in [4.69, 9.17) is 10.8 Å². The second-order valence-corrected chi connectivity index (χ2v) is 3.20. The smallest absolute Gasteiger partial charge is 0.395 e. The summed E-state index contributed by atoms with van der Waals surface area (Å²) in [7, 11) is 0. The van der Waals surface area contributed by atoms with E-state index in [-0.39, 0.29) is 24.7 Å². The van der Waals surface area contributed by atoms with Crippen LogP contribution in [0, 0.1) is 0 Å². The Morgan fingerprint density at radius 2 is 2.06 bits per heavy atom. The Kier molecular flexibility index (Phi) is 3.94. The molecule has 3 N–H and O–H groups in total. The lowest BCUT2D eigenvalue weighted by Crippen LogP contribution is -2.36. The monoisotopic (exact) mass is 235 g/mol. The fourth-order valence-electron chi connectivity index (χ4n) is 1.22. The van der Waals surface area contributed by atoms with Gasteiger partial charge in [0.2, 0.25) is 0 Å². The topological polar surface area (TPSA) is 62.4 Å². The first-order chi connectivity index (χ1) is 7.42. The van der Waals surface area contributed by atoms with Crippen molar-refractivity contribution in [2.24, 2.45) is 0 Å². The molecule has 1 aromatic rings. The predicted octanol–water partition coefficient (Wildman–Crippen LogP) is 1.02. The maximum Gasteiger partial charge on any atom is 0.405 e. The van der Waals surface area contributed by atoms with Gasteiger partial charge in [0, 0.05) is 6.54 Å². The van der Waals surface area contributed by atoms with Crippen molar-refractivity contribution in [1.29, 1.82) is 0 Å². The Labute approximate surface area is 90.5 Å². The van der Waals surface area contributed by atoms with Gasteiger partial charge in [0.05, 0.1) is 18.5 Å². The first-order valence-electron chi connectivity index (χ1n) is 4.56. The summed E-state index contributed by atoms with van der Waals surface area (Å²) in [6.07, 6.45) is -3.08. The van der Waals surface area contributed by atoms with E-state index in [1.165, 1.54) is 18.3 Å². The minimum atomic E-state index is -4.32. The van der Waals surface area contributed by atoms with Gasteiger partial charge in [-0.3, -0.25) is 0 Å². The lowest BCUT2D eigenvalue weighted by molar-refractivity contribution is -0.119. The molecule has 0 amide bonds. The molecule has 0 aliphatic rings. The van der Waals surface area contributed by atoms with E-state index < -0.39 is 12.7 Å². The Balaban J connectivity index is 2.80. The molecule has 0 spiro atoms. The van der Waals surface area contributed by atoms with Crippen LogP contribution in [0.25, 0.3) is 0 Å². The quantitative estimate of drug-likeness (QED) is 0.818. The summed E-state index contributed by atoms with van der Waals surface area (Å²) in [6, 6.07) is 2.85. The van der Waals surface area contributed by atoms with Crippen molar-refractivity contribution in [3.8, 4) is 0 Å². The van der Waals surface area contributed by atoms with E-state index in [9.17, 15) is 13.2 Å². The molecule has 0 bridgehead atoms. The van der Waals surface area contributed by atoms with Gasteiger partial charge in [0.15, 0.2) is 0 Å². The van der Waals surface area contributed by atoms with Gasteiger partial charge in [-0.2, -0.15) is 13.2 Å². The minimum absolute atomic E-state index is 0.106. The minimum Gasteiger partial charge on any atom is -0.395 e. The Bertz CT molecular complexity index is 326. The number of rotatable bonds is 4. The number of nitrogen functional groups attached to an aromatic ring is 1. The summed E-state index contributed by atoms with van der Waals surface area (Å²) in [5, 5.41) is 8.70.